The molecule has 1 amide bonds. The first-order chi connectivity index (χ1) is 11.3. The molecule has 0 atom stereocenters. The molecule has 0 bridgehead atoms. The molecule has 1 aromatic heterocycles. The fraction of sp³-hybridized carbons (Fsp3) is 0.188. The normalized spacial score (nSPS) is 12.6. The van der Waals surface area contributed by atoms with Gasteiger partial charge in [0.2, 0.25) is 6.79 Å². The third-order valence-corrected chi connectivity index (χ3v) is 3.25. The molecule has 7 nitrogen and oxygen atoms in total. The number of nitrogens with one attached hydrogen (secondary N) is 1. The minimum absolute atomic E-state index is 0.0119. The van der Waals surface area contributed by atoms with Gasteiger partial charge in [0.1, 0.15) is 12.2 Å². The number of hydrazone groups is 1. The summed E-state index contributed by atoms with van der Waals surface area (Å²) in [5, 5.41) is 12.9. The third-order valence-electron chi connectivity index (χ3n) is 3.25. The molecule has 0 aliphatic carbocycles. The van der Waals surface area contributed by atoms with Crippen molar-refractivity contribution in [3.05, 3.63) is 53.9 Å². The van der Waals surface area contributed by atoms with E-state index in [0.717, 1.165) is 5.56 Å². The van der Waals surface area contributed by atoms with Crippen LogP contribution in [0.4, 0.5) is 0 Å². The highest BCUT2D eigenvalue weighted by Crippen LogP contribution is 2.31. The van der Waals surface area contributed by atoms with Gasteiger partial charge in [-0.15, -0.1) is 0 Å². The van der Waals surface area contributed by atoms with Crippen LogP contribution in [0.5, 0.6) is 11.5 Å². The van der Waals surface area contributed by atoms with E-state index in [4.69, 9.17) is 14.6 Å². The molecule has 0 saturated heterocycles. The number of rotatable bonds is 5. The monoisotopic (exact) mass is 314 g/mol. The van der Waals surface area contributed by atoms with Crippen LogP contribution in [-0.2, 0) is 6.54 Å². The van der Waals surface area contributed by atoms with Crippen molar-refractivity contribution in [2.75, 3.05) is 13.4 Å². The number of benzene rings is 1. The maximum absolute atomic E-state index is 12.0. The zero-order valence-electron chi connectivity index (χ0n) is 12.3. The number of pyridine rings is 1. The Balaban J connectivity index is 1.63. The summed E-state index contributed by atoms with van der Waals surface area (Å²) in [5.74, 6) is 1.03. The van der Waals surface area contributed by atoms with E-state index in [2.05, 4.69) is 10.5 Å². The molecule has 2 heterocycles. The van der Waals surface area contributed by atoms with E-state index in [1.165, 1.54) is 6.21 Å². The minimum atomic E-state index is -0.325. The molecule has 0 saturated carbocycles. The lowest BCUT2D eigenvalue weighted by Crippen LogP contribution is -2.36. The van der Waals surface area contributed by atoms with Crippen molar-refractivity contribution >= 4 is 12.1 Å². The van der Waals surface area contributed by atoms with Gasteiger partial charge in [0, 0.05) is 6.07 Å². The van der Waals surface area contributed by atoms with Gasteiger partial charge in [0.25, 0.3) is 5.91 Å². The molecule has 1 aliphatic heterocycles. The van der Waals surface area contributed by atoms with Gasteiger partial charge in [-0.3, -0.25) is 4.79 Å². The number of carbonyl (C=O) groups excluding carboxylic acids is 1. The summed E-state index contributed by atoms with van der Waals surface area (Å²) in [5.41, 5.74) is 3.72. The van der Waals surface area contributed by atoms with E-state index in [1.807, 2.05) is 6.07 Å². The van der Waals surface area contributed by atoms with Crippen LogP contribution < -0.4 is 19.5 Å². The van der Waals surface area contributed by atoms with E-state index in [9.17, 15) is 4.79 Å². The van der Waals surface area contributed by atoms with Gasteiger partial charge in [-0.1, -0.05) is 0 Å². The molecule has 7 heteroatoms. The molecule has 3 rings (SSSR count). The Morgan fingerprint density at radius 1 is 1.35 bits per heavy atom. The molecule has 0 spiro atoms. The van der Waals surface area contributed by atoms with Crippen LogP contribution in [0.1, 0.15) is 15.9 Å². The van der Waals surface area contributed by atoms with Gasteiger partial charge in [0.15, 0.2) is 30.4 Å². The number of aliphatic hydroxyl groups is 1. The van der Waals surface area contributed by atoms with Crippen LogP contribution in [0.15, 0.2) is 47.8 Å². The summed E-state index contributed by atoms with van der Waals surface area (Å²) in [7, 11) is 0. The average molecular weight is 314 g/mol. The van der Waals surface area contributed by atoms with Crippen LogP contribution in [0, 0.1) is 0 Å². The predicted octanol–water partition coefficient (Wildman–Crippen LogP) is 0.459. The summed E-state index contributed by atoms with van der Waals surface area (Å²) in [6.07, 6.45) is 4.97. The number of carbonyl (C=O) groups is 1. The van der Waals surface area contributed by atoms with E-state index in [-0.39, 0.29) is 19.3 Å². The van der Waals surface area contributed by atoms with Crippen molar-refractivity contribution in [1.29, 1.82) is 0 Å². The number of aromatic nitrogens is 1. The Morgan fingerprint density at radius 3 is 3.09 bits per heavy atom. The van der Waals surface area contributed by atoms with Crippen LogP contribution in [0.2, 0.25) is 0 Å². The van der Waals surface area contributed by atoms with Gasteiger partial charge < -0.3 is 14.6 Å². The van der Waals surface area contributed by atoms with Crippen LogP contribution in [0.25, 0.3) is 0 Å². The van der Waals surface area contributed by atoms with Crippen molar-refractivity contribution in [3.63, 3.8) is 0 Å². The Kier molecular flexibility index (Phi) is 4.49. The van der Waals surface area contributed by atoms with Crippen LogP contribution in [-0.4, -0.2) is 30.6 Å². The number of hydrogen-bond acceptors (Lipinski definition) is 5. The first kappa shape index (κ1) is 15.0. The molecular weight excluding hydrogens is 298 g/mol. The minimum Gasteiger partial charge on any atom is -0.454 e. The number of fused-ring (bicyclic) bond motifs is 1. The third kappa shape index (κ3) is 3.64. The van der Waals surface area contributed by atoms with E-state index < -0.39 is 0 Å². The summed E-state index contributed by atoms with van der Waals surface area (Å²) in [6.45, 7) is 0.661. The van der Waals surface area contributed by atoms with Gasteiger partial charge in [-0.25, -0.2) is 9.99 Å². The van der Waals surface area contributed by atoms with E-state index in [0.29, 0.717) is 23.6 Å². The first-order valence-electron chi connectivity index (χ1n) is 7.09. The number of nitrogens with zero attached hydrogens (tertiary/aromatic N) is 2. The quantitative estimate of drug-likeness (QED) is 0.477. The van der Waals surface area contributed by atoms with Crippen molar-refractivity contribution < 1.29 is 23.9 Å². The average Bonchev–Trinajstić information content (AvgIpc) is 3.03. The lowest BCUT2D eigenvalue weighted by atomic mass is 10.2. The van der Waals surface area contributed by atoms with Crippen molar-refractivity contribution in [2.24, 2.45) is 5.10 Å². The zero-order chi connectivity index (χ0) is 16.1. The van der Waals surface area contributed by atoms with E-state index >= 15 is 0 Å². The Bertz CT molecular complexity index is 746. The number of hydrogen-bond donors (Lipinski definition) is 2. The van der Waals surface area contributed by atoms with Crippen molar-refractivity contribution in [3.8, 4) is 11.5 Å². The molecule has 118 valence electrons. The standard InChI is InChI=1S/C16H15N3O4/c20-7-6-19-5-1-2-13(10-19)16(21)18-17-9-12-3-4-14-15(8-12)23-11-22-14/h1-5,8-10,20H,6-7,11H2/p+1/b17-9-. The lowest BCUT2D eigenvalue weighted by molar-refractivity contribution is -0.698. The molecule has 0 unspecified atom stereocenters. The molecule has 0 radical (unpaired) electrons. The maximum Gasteiger partial charge on any atom is 0.277 e. The van der Waals surface area contributed by atoms with Gasteiger partial charge >= 0.3 is 0 Å². The molecule has 0 fully saturated rings. The SMILES string of the molecule is O=C(N/N=C\c1ccc2c(c1)OCO2)c1ccc[n+](CCO)c1. The molecule has 2 N–H and O–H groups in total. The molecular formula is C16H16N3O4+. The second kappa shape index (κ2) is 6.89. The molecule has 1 aromatic carbocycles. The van der Waals surface area contributed by atoms with Gasteiger partial charge in [-0.2, -0.15) is 5.10 Å². The largest absolute Gasteiger partial charge is 0.454 e. The summed E-state index contributed by atoms with van der Waals surface area (Å²) in [6, 6.07) is 8.82. The lowest BCUT2D eigenvalue weighted by Gasteiger charge is -2.00. The Hall–Kier alpha value is -2.93. The Labute approximate surface area is 132 Å². The van der Waals surface area contributed by atoms with Crippen molar-refractivity contribution in [1.82, 2.24) is 5.43 Å². The highest BCUT2D eigenvalue weighted by molar-refractivity contribution is 5.94. The molecule has 23 heavy (non-hydrogen) atoms. The Morgan fingerprint density at radius 2 is 2.22 bits per heavy atom. The van der Waals surface area contributed by atoms with E-state index in [1.54, 1.807) is 41.2 Å². The predicted molar refractivity (Wildman–Crippen MR) is 81.3 cm³/mol. The summed E-state index contributed by atoms with van der Waals surface area (Å²) < 4.78 is 12.2. The first-order valence-corrected chi connectivity index (χ1v) is 7.09. The fourth-order valence-corrected chi connectivity index (χ4v) is 2.13. The fourth-order valence-electron chi connectivity index (χ4n) is 2.13. The topological polar surface area (TPSA) is 84.0 Å². The highest BCUT2D eigenvalue weighted by Gasteiger charge is 2.13. The summed E-state index contributed by atoms with van der Waals surface area (Å²) in [4.78, 5) is 12.0. The number of ether oxygens (including phenoxy) is 2. The second-order valence-corrected chi connectivity index (χ2v) is 4.87. The van der Waals surface area contributed by atoms with Gasteiger partial charge in [-0.05, 0) is 29.8 Å². The number of amides is 1. The van der Waals surface area contributed by atoms with Crippen LogP contribution in [0.3, 0.4) is 0 Å². The number of aliphatic hydroxyl groups excluding tert-OH is 1. The zero-order valence-corrected chi connectivity index (χ0v) is 12.3. The highest BCUT2D eigenvalue weighted by atomic mass is 16.7. The van der Waals surface area contributed by atoms with Crippen molar-refractivity contribution in [2.45, 2.75) is 6.54 Å². The molecule has 2 aromatic rings. The maximum atomic E-state index is 12.0. The van der Waals surface area contributed by atoms with Crippen LogP contribution >= 0.6 is 0 Å². The second-order valence-electron chi connectivity index (χ2n) is 4.87. The molecule has 1 aliphatic rings. The van der Waals surface area contributed by atoms with Gasteiger partial charge in [0.05, 0.1) is 6.21 Å². The smallest absolute Gasteiger partial charge is 0.277 e. The summed E-state index contributed by atoms with van der Waals surface area (Å²) >= 11 is 0.